The van der Waals surface area contributed by atoms with Crippen LogP contribution in [0.4, 0.5) is 5.69 Å². The van der Waals surface area contributed by atoms with Crippen LogP contribution in [0.5, 0.6) is 0 Å². The normalized spacial score (nSPS) is 9.50. The first-order valence-corrected chi connectivity index (χ1v) is 5.20. The maximum Gasteiger partial charge on any atom is 0.261 e. The number of hydrogen-bond donors (Lipinski definition) is 2. The first-order valence-electron chi connectivity index (χ1n) is 5.20. The van der Waals surface area contributed by atoms with Gasteiger partial charge in [-0.05, 0) is 30.3 Å². The minimum Gasteiger partial charge on any atom is -0.328 e. The first-order chi connectivity index (χ1) is 8.70. The van der Waals surface area contributed by atoms with Crippen LogP contribution in [0.1, 0.15) is 15.9 Å². The second kappa shape index (κ2) is 4.97. The Morgan fingerprint density at radius 2 is 2.11 bits per heavy atom. The number of aromatic amines is 1. The molecule has 0 spiro atoms. The number of anilines is 1. The number of amides is 1. The molecular formula is C13H9N3O2. The SMILES string of the molecule is N#Cc1cccc(NC(=O)c2ccc[nH]c2=O)c1. The lowest BCUT2D eigenvalue weighted by atomic mass is 10.2. The zero-order chi connectivity index (χ0) is 13.0. The molecule has 0 radical (unpaired) electrons. The van der Waals surface area contributed by atoms with Gasteiger partial charge < -0.3 is 10.3 Å². The van der Waals surface area contributed by atoms with Crippen molar-refractivity contribution in [2.75, 3.05) is 5.32 Å². The number of benzene rings is 1. The molecule has 1 heterocycles. The van der Waals surface area contributed by atoms with Gasteiger partial charge in [-0.15, -0.1) is 0 Å². The lowest BCUT2D eigenvalue weighted by Gasteiger charge is -2.04. The third-order valence-corrected chi connectivity index (χ3v) is 2.31. The predicted octanol–water partition coefficient (Wildman–Crippen LogP) is 1.50. The molecule has 18 heavy (non-hydrogen) atoms. The lowest BCUT2D eigenvalue weighted by Crippen LogP contribution is -2.22. The lowest BCUT2D eigenvalue weighted by molar-refractivity contribution is 0.102. The molecule has 0 bridgehead atoms. The van der Waals surface area contributed by atoms with Gasteiger partial charge in [0.05, 0.1) is 11.6 Å². The van der Waals surface area contributed by atoms with Gasteiger partial charge in [-0.2, -0.15) is 5.26 Å². The molecule has 0 unspecified atom stereocenters. The van der Waals surface area contributed by atoms with Crippen molar-refractivity contribution in [3.05, 3.63) is 64.1 Å². The second-order valence-corrected chi connectivity index (χ2v) is 3.56. The molecule has 0 saturated carbocycles. The van der Waals surface area contributed by atoms with E-state index < -0.39 is 11.5 Å². The van der Waals surface area contributed by atoms with Crippen molar-refractivity contribution in [2.24, 2.45) is 0 Å². The van der Waals surface area contributed by atoms with Crippen LogP contribution in [-0.2, 0) is 0 Å². The Hall–Kier alpha value is -2.87. The summed E-state index contributed by atoms with van der Waals surface area (Å²) in [7, 11) is 0. The van der Waals surface area contributed by atoms with E-state index >= 15 is 0 Å². The molecule has 5 heteroatoms. The average Bonchev–Trinajstić information content (AvgIpc) is 2.39. The summed E-state index contributed by atoms with van der Waals surface area (Å²) < 4.78 is 0. The van der Waals surface area contributed by atoms with Crippen LogP contribution in [0.15, 0.2) is 47.4 Å². The number of carbonyl (C=O) groups excluding carboxylic acids is 1. The maximum absolute atomic E-state index is 11.8. The van der Waals surface area contributed by atoms with E-state index in [9.17, 15) is 9.59 Å². The quantitative estimate of drug-likeness (QED) is 0.832. The number of aromatic nitrogens is 1. The Labute approximate surface area is 103 Å². The smallest absolute Gasteiger partial charge is 0.261 e. The van der Waals surface area contributed by atoms with Crippen LogP contribution in [0.25, 0.3) is 0 Å². The molecule has 0 aliphatic rings. The van der Waals surface area contributed by atoms with E-state index in [-0.39, 0.29) is 5.56 Å². The van der Waals surface area contributed by atoms with E-state index in [4.69, 9.17) is 5.26 Å². The fourth-order valence-corrected chi connectivity index (χ4v) is 1.47. The summed E-state index contributed by atoms with van der Waals surface area (Å²) >= 11 is 0. The predicted molar refractivity (Wildman–Crippen MR) is 66.2 cm³/mol. The van der Waals surface area contributed by atoms with Gasteiger partial charge in [0, 0.05) is 11.9 Å². The molecule has 1 aromatic heterocycles. The molecule has 0 fully saturated rings. The zero-order valence-electron chi connectivity index (χ0n) is 9.31. The summed E-state index contributed by atoms with van der Waals surface area (Å²) in [5.41, 5.74) is 0.489. The van der Waals surface area contributed by atoms with Crippen LogP contribution in [0, 0.1) is 11.3 Å². The summed E-state index contributed by atoms with van der Waals surface area (Å²) in [6, 6.07) is 11.4. The molecule has 2 N–H and O–H groups in total. The van der Waals surface area contributed by atoms with E-state index in [1.165, 1.54) is 18.3 Å². The van der Waals surface area contributed by atoms with Crippen molar-refractivity contribution < 1.29 is 4.79 Å². The van der Waals surface area contributed by atoms with Crippen molar-refractivity contribution in [3.8, 4) is 6.07 Å². The third-order valence-electron chi connectivity index (χ3n) is 2.31. The van der Waals surface area contributed by atoms with Gasteiger partial charge in [-0.3, -0.25) is 9.59 Å². The fourth-order valence-electron chi connectivity index (χ4n) is 1.47. The Kier molecular flexibility index (Phi) is 3.21. The number of hydrogen-bond acceptors (Lipinski definition) is 3. The molecule has 2 rings (SSSR count). The van der Waals surface area contributed by atoms with Crippen molar-refractivity contribution in [3.63, 3.8) is 0 Å². The number of carbonyl (C=O) groups is 1. The van der Waals surface area contributed by atoms with Gasteiger partial charge in [0.1, 0.15) is 5.56 Å². The van der Waals surface area contributed by atoms with Gasteiger partial charge in [-0.25, -0.2) is 0 Å². The topological polar surface area (TPSA) is 85.8 Å². The first kappa shape index (κ1) is 11.6. The van der Waals surface area contributed by atoms with Gasteiger partial charge in [0.25, 0.3) is 11.5 Å². The van der Waals surface area contributed by atoms with Crippen LogP contribution in [0.3, 0.4) is 0 Å². The number of H-pyrrole nitrogens is 1. The van der Waals surface area contributed by atoms with E-state index in [2.05, 4.69) is 10.3 Å². The summed E-state index contributed by atoms with van der Waals surface area (Å²) in [4.78, 5) is 25.6. The molecule has 1 aromatic carbocycles. The summed E-state index contributed by atoms with van der Waals surface area (Å²) in [5.74, 6) is -0.507. The van der Waals surface area contributed by atoms with Gasteiger partial charge >= 0.3 is 0 Å². The highest BCUT2D eigenvalue weighted by atomic mass is 16.2. The van der Waals surface area contributed by atoms with E-state index in [1.54, 1.807) is 24.3 Å². The molecule has 0 saturated heterocycles. The fraction of sp³-hybridized carbons (Fsp3) is 0. The number of nitriles is 1. The molecular weight excluding hydrogens is 230 g/mol. The molecule has 0 aliphatic heterocycles. The van der Waals surface area contributed by atoms with E-state index in [1.807, 2.05) is 6.07 Å². The highest BCUT2D eigenvalue weighted by Gasteiger charge is 2.09. The number of rotatable bonds is 2. The number of nitrogens with zero attached hydrogens (tertiary/aromatic N) is 1. The van der Waals surface area contributed by atoms with Crippen LogP contribution >= 0.6 is 0 Å². The second-order valence-electron chi connectivity index (χ2n) is 3.56. The average molecular weight is 239 g/mol. The molecule has 1 amide bonds. The maximum atomic E-state index is 11.8. The largest absolute Gasteiger partial charge is 0.328 e. The summed E-state index contributed by atoms with van der Waals surface area (Å²) in [6.45, 7) is 0. The molecule has 88 valence electrons. The van der Waals surface area contributed by atoms with Gasteiger partial charge in [0.15, 0.2) is 0 Å². The van der Waals surface area contributed by atoms with E-state index in [0.29, 0.717) is 11.3 Å². The monoisotopic (exact) mass is 239 g/mol. The highest BCUT2D eigenvalue weighted by molar-refractivity contribution is 6.04. The highest BCUT2D eigenvalue weighted by Crippen LogP contribution is 2.10. The van der Waals surface area contributed by atoms with Crippen molar-refractivity contribution >= 4 is 11.6 Å². The molecule has 0 aliphatic carbocycles. The Morgan fingerprint density at radius 3 is 2.83 bits per heavy atom. The Morgan fingerprint density at radius 1 is 1.28 bits per heavy atom. The van der Waals surface area contributed by atoms with Crippen LogP contribution in [-0.4, -0.2) is 10.9 Å². The molecule has 5 nitrogen and oxygen atoms in total. The minimum atomic E-state index is -0.507. The van der Waals surface area contributed by atoms with Crippen molar-refractivity contribution in [1.29, 1.82) is 5.26 Å². The molecule has 0 atom stereocenters. The number of pyridine rings is 1. The molecule has 2 aromatic rings. The van der Waals surface area contributed by atoms with Gasteiger partial charge in [0.2, 0.25) is 0 Å². The standard InChI is InChI=1S/C13H9N3O2/c14-8-9-3-1-4-10(7-9)16-13(18)11-5-2-6-15-12(11)17/h1-7H,(H,15,17)(H,16,18). The van der Waals surface area contributed by atoms with E-state index in [0.717, 1.165) is 0 Å². The third kappa shape index (κ3) is 2.44. The Bertz CT molecular complexity index is 683. The van der Waals surface area contributed by atoms with Gasteiger partial charge in [-0.1, -0.05) is 6.07 Å². The van der Waals surface area contributed by atoms with Crippen LogP contribution in [0.2, 0.25) is 0 Å². The summed E-state index contributed by atoms with van der Waals surface area (Å²) in [6.07, 6.45) is 1.45. The van der Waals surface area contributed by atoms with Crippen molar-refractivity contribution in [1.82, 2.24) is 4.98 Å². The summed E-state index contributed by atoms with van der Waals surface area (Å²) in [5, 5.41) is 11.3. The Balaban J connectivity index is 2.25. The van der Waals surface area contributed by atoms with Crippen molar-refractivity contribution in [2.45, 2.75) is 0 Å². The zero-order valence-corrected chi connectivity index (χ0v) is 9.31. The number of nitrogens with one attached hydrogen (secondary N) is 2. The minimum absolute atomic E-state index is 0.0276. The van der Waals surface area contributed by atoms with Crippen LogP contribution < -0.4 is 10.9 Å².